The molecule has 1 atom stereocenters. The number of hydrogen-bond acceptors (Lipinski definition) is 5. The van der Waals surface area contributed by atoms with Gasteiger partial charge < -0.3 is 10.3 Å². The number of aromatic nitrogens is 1. The summed E-state index contributed by atoms with van der Waals surface area (Å²) in [5.41, 5.74) is 4.62. The lowest BCUT2D eigenvalue weighted by Gasteiger charge is -2.26. The van der Waals surface area contributed by atoms with Crippen LogP contribution in [0, 0.1) is 6.92 Å². The summed E-state index contributed by atoms with van der Waals surface area (Å²) in [6.07, 6.45) is 2.63. The fourth-order valence-electron chi connectivity index (χ4n) is 2.98. The van der Waals surface area contributed by atoms with Crippen molar-refractivity contribution in [3.05, 3.63) is 23.5 Å². The normalized spacial score (nSPS) is 18.3. The lowest BCUT2D eigenvalue weighted by atomic mass is 10.2. The average molecular weight is 291 g/mol. The molecule has 1 saturated heterocycles. The van der Waals surface area contributed by atoms with E-state index in [-0.39, 0.29) is 5.91 Å². The molecule has 1 amide bonds. The highest BCUT2D eigenvalue weighted by atomic mass is 16.2. The quantitative estimate of drug-likeness (QED) is 0.630. The van der Waals surface area contributed by atoms with Crippen molar-refractivity contribution in [1.82, 2.24) is 14.8 Å². The molecule has 0 bridgehead atoms. The SMILES string of the molecule is CCN(CC)C1CCN(C(=O)c2cnc(C)cc2NN)C1. The van der Waals surface area contributed by atoms with Gasteiger partial charge in [0.2, 0.25) is 0 Å². The van der Waals surface area contributed by atoms with Gasteiger partial charge >= 0.3 is 0 Å². The second-order valence-electron chi connectivity index (χ2n) is 5.43. The zero-order chi connectivity index (χ0) is 15.4. The Morgan fingerprint density at radius 2 is 2.24 bits per heavy atom. The van der Waals surface area contributed by atoms with Crippen LogP contribution in [0.2, 0.25) is 0 Å². The van der Waals surface area contributed by atoms with Crippen LogP contribution in [-0.2, 0) is 0 Å². The molecule has 6 nitrogen and oxygen atoms in total. The van der Waals surface area contributed by atoms with Gasteiger partial charge in [-0.05, 0) is 32.5 Å². The Kier molecular flexibility index (Phi) is 5.14. The summed E-state index contributed by atoms with van der Waals surface area (Å²) in [7, 11) is 0. The number of likely N-dealkylation sites (tertiary alicyclic amines) is 1. The Hall–Kier alpha value is -1.66. The molecule has 2 rings (SSSR count). The Bertz CT molecular complexity index is 501. The van der Waals surface area contributed by atoms with E-state index in [1.165, 1.54) is 0 Å². The first-order valence-corrected chi connectivity index (χ1v) is 7.57. The van der Waals surface area contributed by atoms with Crippen molar-refractivity contribution in [2.24, 2.45) is 5.84 Å². The van der Waals surface area contributed by atoms with Crippen LogP contribution >= 0.6 is 0 Å². The van der Waals surface area contributed by atoms with Gasteiger partial charge in [-0.3, -0.25) is 20.5 Å². The van der Waals surface area contributed by atoms with E-state index in [2.05, 4.69) is 29.2 Å². The van der Waals surface area contributed by atoms with E-state index in [0.717, 1.165) is 38.3 Å². The number of carbonyl (C=O) groups excluding carboxylic acids is 1. The van der Waals surface area contributed by atoms with Crippen LogP contribution in [0.5, 0.6) is 0 Å². The molecule has 1 unspecified atom stereocenters. The van der Waals surface area contributed by atoms with Crippen LogP contribution in [0.4, 0.5) is 5.69 Å². The highest BCUT2D eigenvalue weighted by Gasteiger charge is 2.30. The molecule has 0 spiro atoms. The van der Waals surface area contributed by atoms with Crippen molar-refractivity contribution in [2.75, 3.05) is 31.6 Å². The summed E-state index contributed by atoms with van der Waals surface area (Å²) < 4.78 is 0. The number of hydrogen-bond donors (Lipinski definition) is 2. The van der Waals surface area contributed by atoms with Crippen molar-refractivity contribution in [3.63, 3.8) is 0 Å². The van der Waals surface area contributed by atoms with Gasteiger partial charge in [0.05, 0.1) is 11.3 Å². The summed E-state index contributed by atoms with van der Waals surface area (Å²) in [6.45, 7) is 9.80. The van der Waals surface area contributed by atoms with Gasteiger partial charge in [0.1, 0.15) is 0 Å². The molecule has 3 N–H and O–H groups in total. The minimum atomic E-state index is 0.00473. The molecule has 1 fully saturated rings. The first kappa shape index (κ1) is 15.7. The molecule has 0 aliphatic carbocycles. The number of hydrazine groups is 1. The zero-order valence-corrected chi connectivity index (χ0v) is 13.1. The number of nitrogens with two attached hydrogens (primary N) is 1. The van der Waals surface area contributed by atoms with Gasteiger partial charge in [0.25, 0.3) is 5.91 Å². The third-order valence-electron chi connectivity index (χ3n) is 4.21. The highest BCUT2D eigenvalue weighted by Crippen LogP contribution is 2.21. The number of likely N-dealkylation sites (N-methyl/N-ethyl adjacent to an activating group) is 1. The lowest BCUT2D eigenvalue weighted by Crippen LogP contribution is -2.38. The summed E-state index contributed by atoms with van der Waals surface area (Å²) >= 11 is 0. The van der Waals surface area contributed by atoms with E-state index in [9.17, 15) is 4.79 Å². The van der Waals surface area contributed by atoms with Gasteiger partial charge in [-0.2, -0.15) is 0 Å². The molecular weight excluding hydrogens is 266 g/mol. The minimum Gasteiger partial charge on any atom is -0.337 e. The standard InChI is InChI=1S/C15H25N5O/c1-4-19(5-2)12-6-7-20(10-12)15(21)13-9-17-11(3)8-14(13)18-16/h8-9,12H,4-7,10,16H2,1-3H3,(H,17,18). The lowest BCUT2D eigenvalue weighted by molar-refractivity contribution is 0.0778. The maximum atomic E-state index is 12.7. The molecule has 116 valence electrons. The molecular formula is C15H25N5O. The van der Waals surface area contributed by atoms with Crippen LogP contribution < -0.4 is 11.3 Å². The Balaban J connectivity index is 2.11. The van der Waals surface area contributed by atoms with Crippen molar-refractivity contribution in [3.8, 4) is 0 Å². The summed E-state index contributed by atoms with van der Waals surface area (Å²) in [5, 5.41) is 0. The zero-order valence-electron chi connectivity index (χ0n) is 13.1. The second kappa shape index (κ2) is 6.87. The molecule has 6 heteroatoms. The van der Waals surface area contributed by atoms with E-state index < -0.39 is 0 Å². The van der Waals surface area contributed by atoms with Gasteiger partial charge in [0, 0.05) is 31.0 Å². The van der Waals surface area contributed by atoms with E-state index in [4.69, 9.17) is 5.84 Å². The molecule has 1 aromatic rings. The molecule has 1 aliphatic heterocycles. The number of aryl methyl sites for hydroxylation is 1. The fraction of sp³-hybridized carbons (Fsp3) is 0.600. The molecule has 0 aromatic carbocycles. The predicted octanol–water partition coefficient (Wildman–Crippen LogP) is 1.23. The van der Waals surface area contributed by atoms with Crippen molar-refractivity contribution in [1.29, 1.82) is 0 Å². The second-order valence-corrected chi connectivity index (χ2v) is 5.43. The van der Waals surface area contributed by atoms with Gasteiger partial charge in [-0.15, -0.1) is 0 Å². The first-order valence-electron chi connectivity index (χ1n) is 7.57. The number of anilines is 1. The van der Waals surface area contributed by atoms with Gasteiger partial charge in [-0.25, -0.2) is 0 Å². The number of nitrogens with zero attached hydrogens (tertiary/aromatic N) is 3. The molecule has 2 heterocycles. The topological polar surface area (TPSA) is 74.5 Å². The van der Waals surface area contributed by atoms with Crippen molar-refractivity contribution in [2.45, 2.75) is 33.2 Å². The third kappa shape index (κ3) is 3.33. The van der Waals surface area contributed by atoms with E-state index in [1.54, 1.807) is 12.3 Å². The summed E-state index contributed by atoms with van der Waals surface area (Å²) in [4.78, 5) is 21.2. The largest absolute Gasteiger partial charge is 0.337 e. The van der Waals surface area contributed by atoms with E-state index in [0.29, 0.717) is 17.3 Å². The number of amides is 1. The monoisotopic (exact) mass is 291 g/mol. The van der Waals surface area contributed by atoms with Crippen LogP contribution in [0.1, 0.15) is 36.3 Å². The highest BCUT2D eigenvalue weighted by molar-refractivity contribution is 5.99. The number of rotatable bonds is 5. The average Bonchev–Trinajstić information content (AvgIpc) is 2.97. The number of pyridine rings is 1. The van der Waals surface area contributed by atoms with Crippen LogP contribution in [0.15, 0.2) is 12.3 Å². The third-order valence-corrected chi connectivity index (χ3v) is 4.21. The summed E-state index contributed by atoms with van der Waals surface area (Å²) in [5.74, 6) is 5.52. The molecule has 1 aromatic heterocycles. The number of carbonyl (C=O) groups is 1. The van der Waals surface area contributed by atoms with Crippen LogP contribution in [0.3, 0.4) is 0 Å². The number of nitrogens with one attached hydrogen (secondary N) is 1. The van der Waals surface area contributed by atoms with E-state index >= 15 is 0 Å². The van der Waals surface area contributed by atoms with Crippen LogP contribution in [0.25, 0.3) is 0 Å². The maximum absolute atomic E-state index is 12.7. The van der Waals surface area contributed by atoms with Crippen molar-refractivity contribution < 1.29 is 4.79 Å². The smallest absolute Gasteiger partial charge is 0.257 e. The Morgan fingerprint density at radius 1 is 1.52 bits per heavy atom. The van der Waals surface area contributed by atoms with Crippen molar-refractivity contribution >= 4 is 11.6 Å². The molecule has 0 radical (unpaired) electrons. The van der Waals surface area contributed by atoms with Gasteiger partial charge in [-0.1, -0.05) is 13.8 Å². The maximum Gasteiger partial charge on any atom is 0.257 e. The Morgan fingerprint density at radius 3 is 2.86 bits per heavy atom. The predicted molar refractivity (Wildman–Crippen MR) is 84.0 cm³/mol. The Labute approximate surface area is 126 Å². The summed E-state index contributed by atoms with van der Waals surface area (Å²) in [6, 6.07) is 2.25. The van der Waals surface area contributed by atoms with Gasteiger partial charge in [0.15, 0.2) is 0 Å². The van der Waals surface area contributed by atoms with Crippen LogP contribution in [-0.4, -0.2) is 52.9 Å². The first-order chi connectivity index (χ1) is 10.1. The number of nitrogen functional groups attached to an aromatic ring is 1. The van der Waals surface area contributed by atoms with E-state index in [1.807, 2.05) is 11.8 Å². The molecule has 0 saturated carbocycles. The fourth-order valence-corrected chi connectivity index (χ4v) is 2.98. The molecule has 1 aliphatic rings. The molecule has 21 heavy (non-hydrogen) atoms. The minimum absolute atomic E-state index is 0.00473.